The number of benzene rings is 1. The van der Waals surface area contributed by atoms with Crippen LogP contribution in [0.5, 0.6) is 0 Å². The Morgan fingerprint density at radius 1 is 1.44 bits per heavy atom. The quantitative estimate of drug-likeness (QED) is 0.284. The van der Waals surface area contributed by atoms with Gasteiger partial charge in [0.2, 0.25) is 0 Å². The molecular weight excluding hydrogens is 238 g/mol. The summed E-state index contributed by atoms with van der Waals surface area (Å²) < 4.78 is 4.75. The maximum atomic E-state index is 11.4. The Labute approximate surface area is 104 Å². The van der Waals surface area contributed by atoms with Gasteiger partial charge in [-0.3, -0.25) is 10.1 Å². The summed E-state index contributed by atoms with van der Waals surface area (Å²) in [7, 11) is 0. The fourth-order valence-electron chi connectivity index (χ4n) is 1.35. The van der Waals surface area contributed by atoms with Gasteiger partial charge in [-0.25, -0.2) is 4.79 Å². The molecule has 0 fully saturated rings. The van der Waals surface area contributed by atoms with Gasteiger partial charge in [0, 0.05) is 18.6 Å². The third kappa shape index (κ3) is 3.58. The number of carbonyl (C=O) groups is 1. The average molecular weight is 251 g/mol. The van der Waals surface area contributed by atoms with Gasteiger partial charge in [0.25, 0.3) is 5.69 Å². The molecule has 0 aliphatic rings. The highest BCUT2D eigenvalue weighted by molar-refractivity contribution is 5.88. The van der Waals surface area contributed by atoms with E-state index < -0.39 is 10.9 Å². The smallest absolute Gasteiger partial charge is 0.337 e. The summed E-state index contributed by atoms with van der Waals surface area (Å²) in [6.07, 6.45) is 0.854. The van der Waals surface area contributed by atoms with Crippen LogP contribution in [0.4, 0.5) is 5.69 Å². The zero-order valence-corrected chi connectivity index (χ0v) is 9.83. The van der Waals surface area contributed by atoms with Crippen molar-refractivity contribution >= 4 is 11.7 Å². The van der Waals surface area contributed by atoms with Crippen LogP contribution in [0.15, 0.2) is 36.1 Å². The first-order chi connectivity index (χ1) is 8.58. The van der Waals surface area contributed by atoms with E-state index in [4.69, 9.17) is 9.84 Å². The van der Waals surface area contributed by atoms with E-state index in [2.05, 4.69) is 0 Å². The second kappa shape index (κ2) is 6.39. The SMILES string of the molecule is CCOC(=O)/C(=C/O)Cc1ccc([N+](=O)[O-])cc1. The summed E-state index contributed by atoms with van der Waals surface area (Å²) in [4.78, 5) is 21.4. The standard InChI is InChI=1S/C12H13NO5/c1-2-18-12(15)10(8-14)7-9-3-5-11(6-4-9)13(16)17/h3-6,8,14H,2,7H2,1H3/b10-8+. The van der Waals surface area contributed by atoms with Crippen LogP contribution in [0.2, 0.25) is 0 Å². The number of ether oxygens (including phenoxy) is 1. The third-order valence-electron chi connectivity index (χ3n) is 2.24. The highest BCUT2D eigenvalue weighted by Crippen LogP contribution is 2.15. The highest BCUT2D eigenvalue weighted by atomic mass is 16.6. The van der Waals surface area contributed by atoms with Crippen LogP contribution in [0.25, 0.3) is 0 Å². The van der Waals surface area contributed by atoms with E-state index in [1.807, 2.05) is 0 Å². The van der Waals surface area contributed by atoms with Crippen molar-refractivity contribution in [2.45, 2.75) is 13.3 Å². The molecule has 0 aromatic heterocycles. The van der Waals surface area contributed by atoms with E-state index in [-0.39, 0.29) is 24.3 Å². The molecule has 0 saturated carbocycles. The number of non-ortho nitro benzene ring substituents is 1. The molecule has 6 nitrogen and oxygen atoms in total. The summed E-state index contributed by atoms with van der Waals surface area (Å²) in [6.45, 7) is 1.88. The topological polar surface area (TPSA) is 89.7 Å². The van der Waals surface area contributed by atoms with Crippen LogP contribution in [-0.2, 0) is 16.0 Å². The summed E-state index contributed by atoms with van der Waals surface area (Å²) in [6, 6.07) is 5.74. The maximum Gasteiger partial charge on any atom is 0.337 e. The molecule has 0 aliphatic heterocycles. The van der Waals surface area contributed by atoms with Gasteiger partial charge in [0.15, 0.2) is 0 Å². The molecule has 0 bridgehead atoms. The molecule has 0 aliphatic carbocycles. The minimum Gasteiger partial charge on any atom is -0.515 e. The second-order valence-electron chi connectivity index (χ2n) is 3.48. The number of hydrogen-bond donors (Lipinski definition) is 1. The van der Waals surface area contributed by atoms with E-state index in [0.29, 0.717) is 11.8 Å². The molecule has 1 aromatic carbocycles. The van der Waals surface area contributed by atoms with E-state index in [0.717, 1.165) is 0 Å². The van der Waals surface area contributed by atoms with Crippen LogP contribution < -0.4 is 0 Å². The van der Waals surface area contributed by atoms with Crippen molar-refractivity contribution < 1.29 is 19.6 Å². The Hall–Kier alpha value is -2.37. The average Bonchev–Trinajstić information content (AvgIpc) is 2.36. The number of carbonyl (C=O) groups excluding carboxylic acids is 1. The Balaban J connectivity index is 2.77. The van der Waals surface area contributed by atoms with Gasteiger partial charge in [-0.15, -0.1) is 0 Å². The molecule has 0 atom stereocenters. The summed E-state index contributed by atoms with van der Waals surface area (Å²) in [5.41, 5.74) is 0.754. The number of nitro benzene ring substituents is 1. The lowest BCUT2D eigenvalue weighted by molar-refractivity contribution is -0.384. The summed E-state index contributed by atoms with van der Waals surface area (Å²) >= 11 is 0. The zero-order chi connectivity index (χ0) is 13.5. The molecule has 96 valence electrons. The lowest BCUT2D eigenvalue weighted by Crippen LogP contribution is -2.10. The van der Waals surface area contributed by atoms with Crippen LogP contribution in [0.3, 0.4) is 0 Å². The van der Waals surface area contributed by atoms with E-state index >= 15 is 0 Å². The van der Waals surface area contributed by atoms with Crippen molar-refractivity contribution in [1.82, 2.24) is 0 Å². The molecule has 0 spiro atoms. The van der Waals surface area contributed by atoms with E-state index in [1.165, 1.54) is 24.3 Å². The minimum atomic E-state index is -0.599. The number of aliphatic hydroxyl groups is 1. The van der Waals surface area contributed by atoms with Gasteiger partial charge < -0.3 is 9.84 Å². The molecule has 1 aromatic rings. The Kier molecular flexibility index (Phi) is 4.86. The highest BCUT2D eigenvalue weighted by Gasteiger charge is 2.12. The molecular formula is C12H13NO5. The van der Waals surface area contributed by atoms with Crippen LogP contribution in [0.1, 0.15) is 12.5 Å². The van der Waals surface area contributed by atoms with Crippen molar-refractivity contribution in [3.05, 3.63) is 51.8 Å². The molecule has 18 heavy (non-hydrogen) atoms. The van der Waals surface area contributed by atoms with Crippen LogP contribution in [0, 0.1) is 10.1 Å². The lowest BCUT2D eigenvalue weighted by atomic mass is 10.1. The van der Waals surface area contributed by atoms with Crippen molar-refractivity contribution in [1.29, 1.82) is 0 Å². The van der Waals surface area contributed by atoms with Crippen LogP contribution >= 0.6 is 0 Å². The first-order valence-corrected chi connectivity index (χ1v) is 5.32. The summed E-state index contributed by atoms with van der Waals surface area (Å²) in [5.74, 6) is -0.599. The maximum absolute atomic E-state index is 11.4. The van der Waals surface area contributed by atoms with Crippen molar-refractivity contribution in [3.63, 3.8) is 0 Å². The molecule has 0 radical (unpaired) electrons. The van der Waals surface area contributed by atoms with Crippen LogP contribution in [-0.4, -0.2) is 22.6 Å². The number of hydrogen-bond acceptors (Lipinski definition) is 5. The van der Waals surface area contributed by atoms with Crippen molar-refractivity contribution in [3.8, 4) is 0 Å². The van der Waals surface area contributed by atoms with E-state index in [9.17, 15) is 14.9 Å². The number of aliphatic hydroxyl groups excluding tert-OH is 1. The van der Waals surface area contributed by atoms with Gasteiger partial charge in [0.1, 0.15) is 0 Å². The molecule has 0 amide bonds. The second-order valence-corrected chi connectivity index (χ2v) is 3.48. The Morgan fingerprint density at radius 3 is 2.50 bits per heavy atom. The molecule has 0 saturated heterocycles. The van der Waals surface area contributed by atoms with Crippen molar-refractivity contribution in [2.24, 2.45) is 0 Å². The number of nitrogens with zero attached hydrogens (tertiary/aromatic N) is 1. The van der Waals surface area contributed by atoms with Gasteiger partial charge in [0.05, 0.1) is 23.4 Å². The molecule has 6 heteroatoms. The predicted octanol–water partition coefficient (Wildman–Crippen LogP) is 2.14. The largest absolute Gasteiger partial charge is 0.515 e. The number of rotatable bonds is 5. The van der Waals surface area contributed by atoms with Crippen molar-refractivity contribution in [2.75, 3.05) is 6.61 Å². The van der Waals surface area contributed by atoms with Gasteiger partial charge >= 0.3 is 5.97 Å². The number of nitro groups is 1. The Morgan fingerprint density at radius 2 is 2.06 bits per heavy atom. The van der Waals surface area contributed by atoms with Gasteiger partial charge in [-0.05, 0) is 12.5 Å². The molecule has 0 unspecified atom stereocenters. The Bertz CT molecular complexity index is 464. The monoisotopic (exact) mass is 251 g/mol. The predicted molar refractivity (Wildman–Crippen MR) is 64.1 cm³/mol. The fraction of sp³-hybridized carbons (Fsp3) is 0.250. The van der Waals surface area contributed by atoms with Gasteiger partial charge in [-0.1, -0.05) is 12.1 Å². The fourth-order valence-corrected chi connectivity index (χ4v) is 1.35. The van der Waals surface area contributed by atoms with Gasteiger partial charge in [-0.2, -0.15) is 0 Å². The molecule has 0 heterocycles. The molecule has 1 rings (SSSR count). The third-order valence-corrected chi connectivity index (χ3v) is 2.24. The molecule has 1 N–H and O–H groups in total. The number of esters is 1. The first-order valence-electron chi connectivity index (χ1n) is 5.32. The lowest BCUT2D eigenvalue weighted by Gasteiger charge is -2.05. The van der Waals surface area contributed by atoms with E-state index in [1.54, 1.807) is 6.92 Å². The first kappa shape index (κ1) is 13.7. The zero-order valence-electron chi connectivity index (χ0n) is 9.83. The minimum absolute atomic E-state index is 0.0237. The normalized spacial score (nSPS) is 11.1. The summed E-state index contributed by atoms with van der Waals surface area (Å²) in [5, 5.41) is 19.4.